The van der Waals surface area contributed by atoms with E-state index in [1.807, 2.05) is 30.3 Å². The lowest BCUT2D eigenvalue weighted by Crippen LogP contribution is -2.15. The first-order valence-electron chi connectivity index (χ1n) is 6.95. The summed E-state index contributed by atoms with van der Waals surface area (Å²) in [5.74, 6) is -0.483. The van der Waals surface area contributed by atoms with Crippen LogP contribution < -0.4 is 10.1 Å². The lowest BCUT2D eigenvalue weighted by atomic mass is 10.1. The summed E-state index contributed by atoms with van der Waals surface area (Å²) >= 11 is 0. The molecule has 6 nitrogen and oxygen atoms in total. The first kappa shape index (κ1) is 16.4. The summed E-state index contributed by atoms with van der Waals surface area (Å²) in [6.45, 7) is 0.136. The molecule has 0 heterocycles. The SMILES string of the molecule is COc1ccc(NC(=O)OCc2ccccc2)c(CC(=O)O)c1. The maximum atomic E-state index is 11.9. The molecule has 0 aliphatic carbocycles. The highest BCUT2D eigenvalue weighted by molar-refractivity contribution is 5.87. The van der Waals surface area contributed by atoms with Gasteiger partial charge in [-0.3, -0.25) is 10.1 Å². The van der Waals surface area contributed by atoms with Crippen LogP contribution in [0, 0.1) is 0 Å². The number of carboxylic acids is 1. The van der Waals surface area contributed by atoms with E-state index in [1.165, 1.54) is 7.11 Å². The van der Waals surface area contributed by atoms with Crippen molar-refractivity contribution in [2.24, 2.45) is 0 Å². The van der Waals surface area contributed by atoms with Crippen molar-refractivity contribution in [3.05, 3.63) is 59.7 Å². The summed E-state index contributed by atoms with van der Waals surface area (Å²) in [5.41, 5.74) is 1.68. The van der Waals surface area contributed by atoms with Crippen LogP contribution in [0.1, 0.15) is 11.1 Å². The van der Waals surface area contributed by atoms with Gasteiger partial charge in [-0.05, 0) is 29.3 Å². The Hall–Kier alpha value is -3.02. The topological polar surface area (TPSA) is 84.9 Å². The molecule has 0 aliphatic rings. The van der Waals surface area contributed by atoms with E-state index in [0.717, 1.165) is 5.56 Å². The predicted octanol–water partition coefficient (Wildman–Crippen LogP) is 3.07. The van der Waals surface area contributed by atoms with Gasteiger partial charge in [-0.15, -0.1) is 0 Å². The molecule has 0 saturated heterocycles. The number of anilines is 1. The quantitative estimate of drug-likeness (QED) is 0.855. The molecule has 23 heavy (non-hydrogen) atoms. The fourth-order valence-corrected chi connectivity index (χ4v) is 2.00. The Kier molecular flexibility index (Phi) is 5.57. The van der Waals surface area contributed by atoms with E-state index in [4.69, 9.17) is 14.6 Å². The second-order valence-electron chi connectivity index (χ2n) is 4.78. The molecule has 0 atom stereocenters. The van der Waals surface area contributed by atoms with Gasteiger partial charge in [0.25, 0.3) is 0 Å². The number of carbonyl (C=O) groups is 2. The normalized spacial score (nSPS) is 9.96. The van der Waals surface area contributed by atoms with Crippen molar-refractivity contribution in [2.45, 2.75) is 13.0 Å². The number of benzene rings is 2. The van der Waals surface area contributed by atoms with E-state index in [9.17, 15) is 9.59 Å². The number of aliphatic carboxylic acids is 1. The third kappa shape index (κ3) is 5.03. The predicted molar refractivity (Wildman–Crippen MR) is 84.6 cm³/mol. The molecule has 120 valence electrons. The zero-order chi connectivity index (χ0) is 16.7. The first-order chi connectivity index (χ1) is 11.1. The minimum atomic E-state index is -1.00. The van der Waals surface area contributed by atoms with E-state index >= 15 is 0 Å². The Morgan fingerprint density at radius 1 is 1.13 bits per heavy atom. The van der Waals surface area contributed by atoms with Crippen LogP contribution in [0.25, 0.3) is 0 Å². The Morgan fingerprint density at radius 3 is 2.52 bits per heavy atom. The number of carbonyl (C=O) groups excluding carboxylic acids is 1. The van der Waals surface area contributed by atoms with Crippen LogP contribution >= 0.6 is 0 Å². The number of hydrogen-bond acceptors (Lipinski definition) is 4. The summed E-state index contributed by atoms with van der Waals surface area (Å²) in [6, 6.07) is 14.1. The van der Waals surface area contributed by atoms with Gasteiger partial charge >= 0.3 is 12.1 Å². The van der Waals surface area contributed by atoms with Crippen LogP contribution in [0.2, 0.25) is 0 Å². The highest BCUT2D eigenvalue weighted by Crippen LogP contribution is 2.23. The van der Waals surface area contributed by atoms with Gasteiger partial charge in [-0.1, -0.05) is 30.3 Å². The van der Waals surface area contributed by atoms with Crippen LogP contribution in [0.5, 0.6) is 5.75 Å². The molecule has 2 aromatic rings. The van der Waals surface area contributed by atoms with Gasteiger partial charge in [0, 0.05) is 5.69 Å². The van der Waals surface area contributed by atoms with Crippen molar-refractivity contribution >= 4 is 17.7 Å². The lowest BCUT2D eigenvalue weighted by molar-refractivity contribution is -0.136. The van der Waals surface area contributed by atoms with Crippen LogP contribution in [0.15, 0.2) is 48.5 Å². The van der Waals surface area contributed by atoms with Gasteiger partial charge < -0.3 is 14.6 Å². The smallest absolute Gasteiger partial charge is 0.411 e. The summed E-state index contributed by atoms with van der Waals surface area (Å²) in [7, 11) is 1.49. The number of rotatable bonds is 6. The van der Waals surface area contributed by atoms with Gasteiger partial charge in [0.1, 0.15) is 12.4 Å². The average molecular weight is 315 g/mol. The largest absolute Gasteiger partial charge is 0.497 e. The minimum absolute atomic E-state index is 0.136. The van der Waals surface area contributed by atoms with Crippen molar-refractivity contribution in [1.29, 1.82) is 0 Å². The zero-order valence-corrected chi connectivity index (χ0v) is 12.6. The van der Waals surface area contributed by atoms with Crippen molar-refractivity contribution in [3.63, 3.8) is 0 Å². The maximum Gasteiger partial charge on any atom is 0.411 e. The van der Waals surface area contributed by atoms with Gasteiger partial charge in [0.15, 0.2) is 0 Å². The first-order valence-corrected chi connectivity index (χ1v) is 6.95. The van der Waals surface area contributed by atoms with Gasteiger partial charge in [-0.25, -0.2) is 4.79 Å². The molecule has 0 bridgehead atoms. The molecular weight excluding hydrogens is 298 g/mol. The number of carboxylic acid groups (broad SMARTS) is 1. The van der Waals surface area contributed by atoms with Gasteiger partial charge in [-0.2, -0.15) is 0 Å². The van der Waals surface area contributed by atoms with Crippen molar-refractivity contribution in [3.8, 4) is 5.75 Å². The summed E-state index contributed by atoms with van der Waals surface area (Å²) in [5, 5.41) is 11.5. The number of amides is 1. The third-order valence-corrected chi connectivity index (χ3v) is 3.10. The number of methoxy groups -OCH3 is 1. The van der Waals surface area contributed by atoms with E-state index in [1.54, 1.807) is 18.2 Å². The Labute approximate surface area is 133 Å². The molecule has 0 aliphatic heterocycles. The fraction of sp³-hybridized carbons (Fsp3) is 0.176. The second kappa shape index (κ2) is 7.84. The highest BCUT2D eigenvalue weighted by atomic mass is 16.5. The highest BCUT2D eigenvalue weighted by Gasteiger charge is 2.12. The maximum absolute atomic E-state index is 11.9. The molecule has 0 saturated carbocycles. The molecular formula is C17H17NO5. The fourth-order valence-electron chi connectivity index (χ4n) is 2.00. The molecule has 2 rings (SSSR count). The Bertz CT molecular complexity index is 685. The Balaban J connectivity index is 2.03. The lowest BCUT2D eigenvalue weighted by Gasteiger charge is -2.12. The Morgan fingerprint density at radius 2 is 1.87 bits per heavy atom. The zero-order valence-electron chi connectivity index (χ0n) is 12.6. The van der Waals surface area contributed by atoms with Gasteiger partial charge in [0.2, 0.25) is 0 Å². The number of ether oxygens (including phenoxy) is 2. The molecule has 6 heteroatoms. The van der Waals surface area contributed by atoms with Crippen molar-refractivity contribution < 1.29 is 24.2 Å². The summed E-state index contributed by atoms with van der Waals surface area (Å²) in [6.07, 6.45) is -0.878. The third-order valence-electron chi connectivity index (χ3n) is 3.10. The van der Waals surface area contributed by atoms with E-state index in [0.29, 0.717) is 17.0 Å². The minimum Gasteiger partial charge on any atom is -0.497 e. The molecule has 0 fully saturated rings. The van der Waals surface area contributed by atoms with Crippen LogP contribution in [-0.4, -0.2) is 24.3 Å². The summed E-state index contributed by atoms with van der Waals surface area (Å²) < 4.78 is 10.2. The van der Waals surface area contributed by atoms with E-state index < -0.39 is 12.1 Å². The van der Waals surface area contributed by atoms with Gasteiger partial charge in [0.05, 0.1) is 13.5 Å². The average Bonchev–Trinajstić information content (AvgIpc) is 2.55. The van der Waals surface area contributed by atoms with E-state index in [-0.39, 0.29) is 13.0 Å². The van der Waals surface area contributed by atoms with Crippen LogP contribution in [0.3, 0.4) is 0 Å². The molecule has 0 spiro atoms. The molecule has 0 aromatic heterocycles. The summed E-state index contributed by atoms with van der Waals surface area (Å²) in [4.78, 5) is 22.8. The molecule has 0 unspecified atom stereocenters. The second-order valence-corrected chi connectivity index (χ2v) is 4.78. The number of nitrogens with one attached hydrogen (secondary N) is 1. The van der Waals surface area contributed by atoms with E-state index in [2.05, 4.69) is 5.32 Å². The van der Waals surface area contributed by atoms with Crippen LogP contribution in [0.4, 0.5) is 10.5 Å². The van der Waals surface area contributed by atoms with Crippen molar-refractivity contribution in [2.75, 3.05) is 12.4 Å². The standard InChI is InChI=1S/C17H17NO5/c1-22-14-7-8-15(13(9-14)10-16(19)20)18-17(21)23-11-12-5-3-2-4-6-12/h2-9H,10-11H2,1H3,(H,18,21)(H,19,20). The number of hydrogen-bond donors (Lipinski definition) is 2. The molecule has 0 radical (unpaired) electrons. The molecule has 2 N–H and O–H groups in total. The molecule has 1 amide bonds. The molecule has 2 aromatic carbocycles. The van der Waals surface area contributed by atoms with Crippen molar-refractivity contribution in [1.82, 2.24) is 0 Å². The van der Waals surface area contributed by atoms with Crippen LogP contribution in [-0.2, 0) is 22.6 Å². The monoisotopic (exact) mass is 315 g/mol.